The van der Waals surface area contributed by atoms with E-state index in [1.54, 1.807) is 0 Å². The van der Waals surface area contributed by atoms with E-state index in [1.807, 2.05) is 21.1 Å². The minimum Gasteiger partial charge on any atom is -0.477 e. The van der Waals surface area contributed by atoms with Crippen molar-refractivity contribution in [2.75, 3.05) is 47.5 Å². The lowest BCUT2D eigenvalue weighted by Crippen LogP contribution is -2.40. The Morgan fingerprint density at radius 1 is 0.500 bits per heavy atom. The van der Waals surface area contributed by atoms with Crippen molar-refractivity contribution in [3.63, 3.8) is 0 Å². The van der Waals surface area contributed by atoms with Crippen molar-refractivity contribution in [3.8, 4) is 0 Å². The number of carbonyl (C=O) groups is 3. The SMILES string of the molecule is CC/C=C\C/C=C\C/C=C\C/C=C\CCCCCCC(=O)OC(COC(=O)CCCCCCCCCCCCCCCCCCCCCC)COC(OCC[N+](C)(C)C)C(=O)O. The van der Waals surface area contributed by atoms with E-state index in [0.29, 0.717) is 23.9 Å². The molecule has 0 saturated carbocycles. The second-order valence-electron chi connectivity index (χ2n) is 18.1. The van der Waals surface area contributed by atoms with Gasteiger partial charge in [0.25, 0.3) is 6.29 Å². The number of hydrogen-bond acceptors (Lipinski definition) is 7. The molecule has 0 aromatic carbocycles. The van der Waals surface area contributed by atoms with Crippen molar-refractivity contribution in [1.29, 1.82) is 0 Å². The predicted octanol–water partition coefficient (Wildman–Crippen LogP) is 13.9. The van der Waals surface area contributed by atoms with Gasteiger partial charge in [-0.15, -0.1) is 0 Å². The largest absolute Gasteiger partial charge is 0.477 e. The summed E-state index contributed by atoms with van der Waals surface area (Å²) in [6.45, 7) is 4.75. The van der Waals surface area contributed by atoms with Crippen LogP contribution in [0, 0.1) is 0 Å². The normalized spacial score (nSPS) is 13.2. The topological polar surface area (TPSA) is 108 Å². The Labute approximate surface area is 381 Å². The number of unbranched alkanes of at least 4 members (excludes halogenated alkanes) is 23. The molecular weight excluding hydrogens is 779 g/mol. The Bertz CT molecular complexity index is 1160. The number of carboxylic acids is 1. The van der Waals surface area contributed by atoms with Crippen LogP contribution in [0.25, 0.3) is 0 Å². The molecule has 0 rings (SSSR count). The Balaban J connectivity index is 4.36. The van der Waals surface area contributed by atoms with Gasteiger partial charge in [-0.2, -0.15) is 0 Å². The molecule has 1 N–H and O–H groups in total. The van der Waals surface area contributed by atoms with Crippen LogP contribution in [0.3, 0.4) is 0 Å². The molecule has 0 aliphatic rings. The highest BCUT2D eigenvalue weighted by Gasteiger charge is 2.25. The highest BCUT2D eigenvalue weighted by atomic mass is 16.7. The number of nitrogens with zero attached hydrogens (tertiary/aromatic N) is 1. The molecule has 0 bridgehead atoms. The van der Waals surface area contributed by atoms with E-state index in [1.165, 1.54) is 109 Å². The number of hydrogen-bond donors (Lipinski definition) is 1. The lowest BCUT2D eigenvalue weighted by atomic mass is 10.0. The Morgan fingerprint density at radius 3 is 1.37 bits per heavy atom. The van der Waals surface area contributed by atoms with Gasteiger partial charge in [0.2, 0.25) is 0 Å². The van der Waals surface area contributed by atoms with Crippen LogP contribution in [0.5, 0.6) is 0 Å². The van der Waals surface area contributed by atoms with Crippen LogP contribution < -0.4 is 0 Å². The van der Waals surface area contributed by atoms with Gasteiger partial charge in [-0.3, -0.25) is 9.59 Å². The first-order chi connectivity index (χ1) is 30.1. The fraction of sp³-hybridized carbons (Fsp3) is 0.792. The Morgan fingerprint density at radius 2 is 0.919 bits per heavy atom. The zero-order valence-electron chi connectivity index (χ0n) is 40.8. The van der Waals surface area contributed by atoms with E-state index < -0.39 is 24.3 Å². The zero-order chi connectivity index (χ0) is 45.6. The molecule has 0 fully saturated rings. The molecule has 0 aliphatic carbocycles. The van der Waals surface area contributed by atoms with Gasteiger partial charge in [-0.1, -0.05) is 197 Å². The number of quaternary nitrogens is 1. The molecule has 0 spiro atoms. The van der Waals surface area contributed by atoms with E-state index in [2.05, 4.69) is 62.5 Å². The summed E-state index contributed by atoms with van der Waals surface area (Å²) in [4.78, 5) is 37.2. The summed E-state index contributed by atoms with van der Waals surface area (Å²) < 4.78 is 22.8. The second-order valence-corrected chi connectivity index (χ2v) is 18.1. The lowest BCUT2D eigenvalue weighted by Gasteiger charge is -2.25. The van der Waals surface area contributed by atoms with Crippen molar-refractivity contribution in [3.05, 3.63) is 48.6 Å². The molecular formula is C53H96NO8+. The number of carboxylic acid groups (broad SMARTS) is 1. The summed E-state index contributed by atoms with van der Waals surface area (Å²) >= 11 is 0. The maximum absolute atomic E-state index is 12.8. The van der Waals surface area contributed by atoms with Gasteiger partial charge in [0.15, 0.2) is 6.10 Å². The molecule has 0 heterocycles. The fourth-order valence-corrected chi connectivity index (χ4v) is 6.95. The summed E-state index contributed by atoms with van der Waals surface area (Å²) in [6, 6.07) is 0. The van der Waals surface area contributed by atoms with Gasteiger partial charge >= 0.3 is 17.9 Å². The number of rotatable bonds is 46. The molecule has 2 unspecified atom stereocenters. The first-order valence-electron chi connectivity index (χ1n) is 25.3. The smallest absolute Gasteiger partial charge is 0.361 e. The van der Waals surface area contributed by atoms with Crippen molar-refractivity contribution >= 4 is 17.9 Å². The van der Waals surface area contributed by atoms with Crippen LogP contribution >= 0.6 is 0 Å². The maximum Gasteiger partial charge on any atom is 0.361 e. The lowest BCUT2D eigenvalue weighted by molar-refractivity contribution is -0.870. The minimum absolute atomic E-state index is 0.182. The van der Waals surface area contributed by atoms with Crippen molar-refractivity contribution in [2.24, 2.45) is 0 Å². The third-order valence-electron chi connectivity index (χ3n) is 10.8. The number of esters is 2. The highest BCUT2D eigenvalue weighted by Crippen LogP contribution is 2.16. The van der Waals surface area contributed by atoms with Gasteiger partial charge in [0.05, 0.1) is 34.4 Å². The number of ether oxygens (including phenoxy) is 4. The molecule has 0 amide bonds. The highest BCUT2D eigenvalue weighted by molar-refractivity contribution is 5.71. The van der Waals surface area contributed by atoms with Crippen molar-refractivity contribution < 1.29 is 42.9 Å². The van der Waals surface area contributed by atoms with E-state index in [4.69, 9.17) is 18.9 Å². The third-order valence-corrected chi connectivity index (χ3v) is 10.8. The monoisotopic (exact) mass is 875 g/mol. The summed E-state index contributed by atoms with van der Waals surface area (Å²) in [5.41, 5.74) is 0. The maximum atomic E-state index is 12.8. The molecule has 0 aliphatic heterocycles. The molecule has 9 heteroatoms. The fourth-order valence-electron chi connectivity index (χ4n) is 6.95. The molecule has 0 radical (unpaired) electrons. The number of aliphatic carboxylic acids is 1. The number of allylic oxidation sites excluding steroid dienone is 8. The number of likely N-dealkylation sites (N-methyl/N-ethyl adjacent to an activating group) is 1. The first-order valence-corrected chi connectivity index (χ1v) is 25.3. The molecule has 9 nitrogen and oxygen atoms in total. The summed E-state index contributed by atoms with van der Waals surface area (Å²) in [5.74, 6) is -2.03. The molecule has 0 aromatic heterocycles. The van der Waals surface area contributed by atoms with Gasteiger partial charge in [0, 0.05) is 12.8 Å². The van der Waals surface area contributed by atoms with E-state index >= 15 is 0 Å². The summed E-state index contributed by atoms with van der Waals surface area (Å²) in [7, 11) is 5.95. The van der Waals surface area contributed by atoms with E-state index in [0.717, 1.165) is 70.6 Å². The first kappa shape index (κ1) is 59.2. The van der Waals surface area contributed by atoms with Crippen LogP contribution in [-0.2, 0) is 33.3 Å². The standard InChI is InChI=1S/C53H95NO8/c1-6-8-10-12-14-16-18-20-22-24-25-26-28-29-31-33-35-37-39-41-43-50(55)60-47-49(48-61-53(52(57)58)59-46-45-54(3,4)5)62-51(56)44-42-40-38-36-34-32-30-27-23-21-19-17-15-13-11-9-7-2/h9,11,15,17,21,23,30,32,49,53H,6-8,10,12-14,16,18-20,22,24-29,31,33-48H2,1-5H3/p+1/b11-9-,17-15-,23-21-,32-30-. The van der Waals surface area contributed by atoms with Crippen molar-refractivity contribution in [1.82, 2.24) is 0 Å². The molecule has 2 atom stereocenters. The summed E-state index contributed by atoms with van der Waals surface area (Å²) in [5, 5.41) is 9.66. The third kappa shape index (κ3) is 45.3. The van der Waals surface area contributed by atoms with Gasteiger partial charge < -0.3 is 28.5 Å². The average Bonchev–Trinajstić information content (AvgIpc) is 3.23. The van der Waals surface area contributed by atoms with Crippen LogP contribution in [0.4, 0.5) is 0 Å². The number of carbonyl (C=O) groups excluding carboxylic acids is 2. The Kier molecular flexibility index (Phi) is 42.9. The molecule has 360 valence electrons. The van der Waals surface area contributed by atoms with E-state index in [-0.39, 0.29) is 32.2 Å². The van der Waals surface area contributed by atoms with Gasteiger partial charge in [-0.05, 0) is 51.4 Å². The van der Waals surface area contributed by atoms with Crippen LogP contribution in [0.2, 0.25) is 0 Å². The molecule has 62 heavy (non-hydrogen) atoms. The van der Waals surface area contributed by atoms with Crippen LogP contribution in [-0.4, -0.2) is 87.4 Å². The zero-order valence-corrected chi connectivity index (χ0v) is 40.8. The average molecular weight is 875 g/mol. The van der Waals surface area contributed by atoms with Crippen LogP contribution in [0.1, 0.15) is 213 Å². The quantitative estimate of drug-likeness (QED) is 0.0212. The second kappa shape index (κ2) is 44.8. The minimum atomic E-state index is -1.52. The summed E-state index contributed by atoms with van der Waals surface area (Å²) in [6.07, 6.45) is 50.3. The Hall–Kier alpha value is -2.75. The molecule has 0 saturated heterocycles. The van der Waals surface area contributed by atoms with E-state index in [9.17, 15) is 19.5 Å². The van der Waals surface area contributed by atoms with Gasteiger partial charge in [0.1, 0.15) is 13.2 Å². The molecule has 0 aromatic rings. The van der Waals surface area contributed by atoms with Gasteiger partial charge in [-0.25, -0.2) is 4.79 Å². The predicted molar refractivity (Wildman–Crippen MR) is 258 cm³/mol. The van der Waals surface area contributed by atoms with Crippen LogP contribution in [0.15, 0.2) is 48.6 Å². The van der Waals surface area contributed by atoms with Crippen molar-refractivity contribution in [2.45, 2.75) is 225 Å².